The molecule has 0 atom stereocenters. The van der Waals surface area contributed by atoms with Crippen LogP contribution in [-0.4, -0.2) is 6.15 Å². The number of rotatable bonds is 6. The van der Waals surface area contributed by atoms with Gasteiger partial charge in [-0.3, -0.25) is 0 Å². The lowest BCUT2D eigenvalue weighted by atomic mass is 9.12. The highest BCUT2D eigenvalue weighted by Crippen LogP contribution is 2.31. The van der Waals surface area contributed by atoms with Crippen LogP contribution in [0.1, 0.15) is 27.8 Å². The Morgan fingerprint density at radius 2 is 0.683 bits per heavy atom. The Kier molecular flexibility index (Phi) is 13.0. The number of pyridine rings is 1. The molecule has 0 aliphatic rings. The second-order valence-corrected chi connectivity index (χ2v) is 13.6. The van der Waals surface area contributed by atoms with Gasteiger partial charge >= 0.3 is 0 Å². The molecule has 6 rings (SSSR count). The van der Waals surface area contributed by atoms with Gasteiger partial charge in [0.1, 0.15) is 64.3 Å². The van der Waals surface area contributed by atoms with Crippen molar-refractivity contribution in [1.29, 1.82) is 5.26 Å². The van der Waals surface area contributed by atoms with Crippen molar-refractivity contribution in [2.24, 2.45) is 0 Å². The van der Waals surface area contributed by atoms with E-state index in [4.69, 9.17) is 5.26 Å². The minimum absolute atomic E-state index is 0.694. The lowest BCUT2D eigenvalue weighted by Gasteiger charge is -2.44. The third-order valence-electron chi connectivity index (χ3n) is 9.88. The van der Waals surface area contributed by atoms with Crippen LogP contribution in [0.25, 0.3) is 0 Å². The zero-order valence-corrected chi connectivity index (χ0v) is 31.2. The van der Waals surface area contributed by atoms with E-state index in [1.807, 2.05) is 24.5 Å². The maximum absolute atomic E-state index is 15.4. The molecule has 0 fully saturated rings. The average molecular weight is 916 g/mol. The number of nitriles is 1. The van der Waals surface area contributed by atoms with E-state index in [1.165, 1.54) is 22.3 Å². The summed E-state index contributed by atoms with van der Waals surface area (Å²) in [5.74, 6) is -71.4. The summed E-state index contributed by atoms with van der Waals surface area (Å²) in [5.41, 5.74) is -8.39. The average Bonchev–Trinajstić information content (AvgIpc) is 3.25. The van der Waals surface area contributed by atoms with E-state index in [1.54, 1.807) is 0 Å². The molecule has 2 nitrogen and oxygen atoms in total. The molecule has 0 N–H and O–H groups in total. The number of benzene rings is 5. The summed E-state index contributed by atoms with van der Waals surface area (Å²) in [5, 5.41) is 8.91. The van der Waals surface area contributed by atoms with Crippen molar-refractivity contribution in [1.82, 2.24) is 0 Å². The van der Waals surface area contributed by atoms with Gasteiger partial charge in [0.25, 0.3) is 0 Å². The first-order chi connectivity index (χ1) is 29.3. The van der Waals surface area contributed by atoms with Crippen LogP contribution in [0.4, 0.5) is 87.8 Å². The highest BCUT2D eigenvalue weighted by molar-refractivity contribution is 7.20. The fraction of sp³-hybridized carbons (Fsp3) is 0.100. The lowest BCUT2D eigenvalue weighted by Crippen LogP contribution is -2.81. The topological polar surface area (TPSA) is 27.7 Å². The van der Waals surface area contributed by atoms with Crippen LogP contribution in [0.2, 0.25) is 0 Å². The quantitative estimate of drug-likeness (QED) is 0.0541. The van der Waals surface area contributed by atoms with Gasteiger partial charge in [-0.05, 0) is 38.0 Å². The minimum Gasteiger partial charge on any atom is -0.207 e. The molecular formula is C40H17BF20N2. The monoisotopic (exact) mass is 916 g/mol. The molecule has 0 saturated heterocycles. The number of aryl methyl sites for hydroxylation is 3. The number of nitrogens with zero attached hydrogens (tertiary/aromatic N) is 2. The maximum atomic E-state index is 15.4. The summed E-state index contributed by atoms with van der Waals surface area (Å²) in [4.78, 5) is 0. The molecule has 6 aromatic rings. The first kappa shape index (κ1) is 47.5. The smallest absolute Gasteiger partial charge is 0.200 e. The molecule has 0 unspecified atom stereocenters. The fourth-order valence-corrected chi connectivity index (χ4v) is 7.20. The fourth-order valence-electron chi connectivity index (χ4n) is 7.20. The van der Waals surface area contributed by atoms with Crippen molar-refractivity contribution in [3.63, 3.8) is 0 Å². The largest absolute Gasteiger partial charge is 0.207 e. The standard InChI is InChI=1S/C24BF20.C16H17N2/c26-5-1(6(27)14(35)21(42)13(5)34)25(2-7(28)15(36)22(43)16(37)8(2)29,3-9(30)17(38)23(44)18(39)10(3)31)4-11(32)19(40)24(45)20(41)12(4)33;1-12-7-13(2)16(14(3)8-12)11-18-6-4-5-15(9-17)10-18/h;4-8,10H,11H2,1-3H3/q-1;+1. The molecule has 0 aliphatic heterocycles. The van der Waals surface area contributed by atoms with Gasteiger partial charge < -0.3 is 0 Å². The van der Waals surface area contributed by atoms with Crippen molar-refractivity contribution >= 4 is 28.0 Å². The molecule has 5 aromatic carbocycles. The van der Waals surface area contributed by atoms with Crippen LogP contribution in [0.5, 0.6) is 0 Å². The molecule has 63 heavy (non-hydrogen) atoms. The Bertz CT molecular complexity index is 2520. The Hall–Kier alpha value is -6.60. The van der Waals surface area contributed by atoms with Gasteiger partial charge in [-0.1, -0.05) is 17.7 Å². The normalized spacial score (nSPS) is 11.5. The van der Waals surface area contributed by atoms with E-state index in [9.17, 15) is 52.7 Å². The van der Waals surface area contributed by atoms with E-state index in [0.717, 1.165) is 6.54 Å². The summed E-state index contributed by atoms with van der Waals surface area (Å²) < 4.78 is 296. The third-order valence-corrected chi connectivity index (χ3v) is 9.88. The van der Waals surface area contributed by atoms with Crippen LogP contribution < -0.4 is 26.4 Å². The number of hydrogen-bond donors (Lipinski definition) is 0. The van der Waals surface area contributed by atoms with E-state index >= 15 is 35.1 Å². The molecular weight excluding hydrogens is 899 g/mol. The summed E-state index contributed by atoms with van der Waals surface area (Å²) >= 11 is 0. The molecule has 0 saturated carbocycles. The van der Waals surface area contributed by atoms with Gasteiger partial charge in [0.05, 0.1) is 0 Å². The van der Waals surface area contributed by atoms with Gasteiger partial charge in [0.2, 0.25) is 0 Å². The molecule has 23 heteroatoms. The molecule has 0 amide bonds. The molecule has 1 aromatic heterocycles. The molecule has 330 valence electrons. The predicted octanol–water partition coefficient (Wildman–Crippen LogP) is 8.67. The maximum Gasteiger partial charge on any atom is 0.200 e. The first-order valence-corrected chi connectivity index (χ1v) is 17.0. The van der Waals surface area contributed by atoms with Crippen molar-refractivity contribution in [3.8, 4) is 6.07 Å². The van der Waals surface area contributed by atoms with E-state index in [2.05, 4.69) is 43.5 Å². The van der Waals surface area contributed by atoms with Crippen LogP contribution >= 0.6 is 0 Å². The zero-order chi connectivity index (χ0) is 47.5. The Morgan fingerprint density at radius 1 is 0.429 bits per heavy atom. The highest BCUT2D eigenvalue weighted by atomic mass is 19.2. The number of aromatic nitrogens is 1. The van der Waals surface area contributed by atoms with Crippen LogP contribution in [0.3, 0.4) is 0 Å². The second kappa shape index (κ2) is 17.3. The van der Waals surface area contributed by atoms with Crippen LogP contribution in [-0.2, 0) is 6.54 Å². The molecule has 0 bridgehead atoms. The second-order valence-electron chi connectivity index (χ2n) is 13.6. The van der Waals surface area contributed by atoms with Crippen molar-refractivity contribution in [3.05, 3.63) is 181 Å². The predicted molar refractivity (Wildman–Crippen MR) is 180 cm³/mol. The van der Waals surface area contributed by atoms with Crippen LogP contribution in [0.15, 0.2) is 36.7 Å². The minimum atomic E-state index is -7.22. The Labute approximate surface area is 339 Å². The van der Waals surface area contributed by atoms with Gasteiger partial charge in [0.15, 0.2) is 88.7 Å². The Morgan fingerprint density at radius 3 is 0.937 bits per heavy atom. The van der Waals surface area contributed by atoms with Gasteiger partial charge in [-0.25, -0.2) is 87.8 Å². The van der Waals surface area contributed by atoms with Gasteiger partial charge in [-0.2, -0.15) is 9.83 Å². The molecule has 0 radical (unpaired) electrons. The summed E-state index contributed by atoms with van der Waals surface area (Å²) in [6.07, 6.45) is -3.33. The summed E-state index contributed by atoms with van der Waals surface area (Å²) in [6, 6.07) is 10.3. The van der Waals surface area contributed by atoms with Crippen molar-refractivity contribution in [2.45, 2.75) is 27.3 Å². The first-order valence-electron chi connectivity index (χ1n) is 17.0. The Balaban J connectivity index is 0.000000345. The summed E-state index contributed by atoms with van der Waals surface area (Å²) in [6.45, 7) is 7.22. The summed E-state index contributed by atoms with van der Waals surface area (Å²) in [7, 11) is 0. The van der Waals surface area contributed by atoms with Crippen molar-refractivity contribution in [2.75, 3.05) is 0 Å². The van der Waals surface area contributed by atoms with Gasteiger partial charge in [0, 0.05) is 11.6 Å². The number of hydrogen-bond acceptors (Lipinski definition) is 1. The van der Waals surface area contributed by atoms with E-state index in [0.29, 0.717) is 5.56 Å². The molecule has 0 aliphatic carbocycles. The molecule has 0 spiro atoms. The van der Waals surface area contributed by atoms with E-state index in [-0.39, 0.29) is 0 Å². The van der Waals surface area contributed by atoms with Gasteiger partial charge in [-0.15, -0.1) is 21.9 Å². The van der Waals surface area contributed by atoms with Crippen molar-refractivity contribution < 1.29 is 92.4 Å². The van der Waals surface area contributed by atoms with Crippen LogP contribution in [0, 0.1) is 148 Å². The zero-order valence-electron chi connectivity index (χ0n) is 31.2. The van der Waals surface area contributed by atoms with E-state index < -0.39 is 144 Å². The SMILES string of the molecule is Cc1cc(C)c(C[n+]2cccc(C#N)c2)c(C)c1.Fc1c(F)c(F)c([B-](c2c(F)c(F)c(F)c(F)c2F)(c2c(F)c(F)c(F)c(F)c2F)c2c(F)c(F)c(F)c(F)c2F)c(F)c1F. The highest BCUT2D eigenvalue weighted by Gasteiger charge is 2.52. The molecule has 1 heterocycles. The number of halogens is 20. The third kappa shape index (κ3) is 7.47. The lowest BCUT2D eigenvalue weighted by molar-refractivity contribution is -0.688.